The Morgan fingerprint density at radius 1 is 0.465 bits per heavy atom. The minimum Gasteiger partial charge on any atom is -0.505 e. The number of carboxylic acid groups (broad SMARTS) is 1. The number of rotatable bonds is 43. The van der Waals surface area contributed by atoms with Crippen molar-refractivity contribution in [1.82, 2.24) is 0 Å². The van der Waals surface area contributed by atoms with Gasteiger partial charge < -0.3 is 62.9 Å². The van der Waals surface area contributed by atoms with Gasteiger partial charge in [0, 0.05) is 196 Å². The Labute approximate surface area is 892 Å². The van der Waals surface area contributed by atoms with Gasteiger partial charge in [0.05, 0.1) is 65.3 Å². The van der Waals surface area contributed by atoms with Crippen LogP contribution >= 0.6 is 79.6 Å². The second-order valence-electron chi connectivity index (χ2n) is 27.8. The Morgan fingerprint density at radius 2 is 0.701 bits per heavy atom. The van der Waals surface area contributed by atoms with Crippen LogP contribution in [0.4, 0.5) is 26.3 Å². The number of carboxylic acids is 1. The van der Waals surface area contributed by atoms with Crippen molar-refractivity contribution in [3.8, 4) is 28.7 Å². The molecule has 0 amide bonds. The second-order valence-corrected chi connectivity index (χ2v) is 31.5. The van der Waals surface area contributed by atoms with Crippen LogP contribution in [0.15, 0.2) is 91.0 Å². The molecule has 0 aliphatic carbocycles. The molecule has 23 nitrogen and oxygen atoms in total. The molecule has 0 aliphatic rings. The fourth-order valence-corrected chi connectivity index (χ4v) is 15.5. The fourth-order valence-electron chi connectivity index (χ4n) is 9.43. The zero-order valence-corrected chi connectivity index (χ0v) is 87.0. The van der Waals surface area contributed by atoms with Gasteiger partial charge in [-0.15, -0.1) is 0 Å². The number of phenols is 2. The molecule has 5 aromatic carbocycles. The number of carbonyl (C=O) groups excluding carboxylic acids is 5. The summed E-state index contributed by atoms with van der Waals surface area (Å²) in [4.78, 5) is 70.7. The monoisotopic (exact) mass is 2130 g/mol. The van der Waals surface area contributed by atoms with E-state index in [2.05, 4.69) is 89.8 Å². The Balaban J connectivity index is -0.000000396. The zero-order valence-electron chi connectivity index (χ0n) is 73.1. The number of carbonyl (C=O) groups is 6. The maximum Gasteiger partial charge on any atom is 1.00 e. The van der Waals surface area contributed by atoms with E-state index in [0.29, 0.717) is 31.3 Å². The molecule has 645 valence electrons. The topological polar surface area (TPSA) is 352 Å². The van der Waals surface area contributed by atoms with Crippen molar-refractivity contribution >= 4 is 290 Å². The van der Waals surface area contributed by atoms with E-state index in [9.17, 15) is 37.1 Å². The molecule has 5 aromatic rings. The van der Waals surface area contributed by atoms with Crippen molar-refractivity contribution in [2.24, 2.45) is 10.8 Å². The number of aromatic carboxylic acids is 1. The van der Waals surface area contributed by atoms with Gasteiger partial charge in [-0.1, -0.05) is 133 Å². The zero-order chi connectivity index (χ0) is 97.8. The van der Waals surface area contributed by atoms with Gasteiger partial charge in [-0.3, -0.25) is 13.9 Å². The van der Waals surface area contributed by atoms with Crippen molar-refractivity contribution in [2.45, 2.75) is 105 Å². The average Bonchev–Trinajstić information content (AvgIpc) is 0.784. The molecule has 25 radical (unpaired) electrons. The average molecular weight is 2130 g/mol. The van der Waals surface area contributed by atoms with Crippen LogP contribution in [0.25, 0.3) is 1.43 Å². The van der Waals surface area contributed by atoms with Gasteiger partial charge in [-0.05, 0) is 137 Å². The van der Waals surface area contributed by atoms with Crippen molar-refractivity contribution < 1.29 is 239 Å². The quantitative estimate of drug-likeness (QED) is 0.00250. The normalized spacial score (nSPS) is 10.2. The summed E-state index contributed by atoms with van der Waals surface area (Å²) in [5, 5.41) is 41.7. The van der Waals surface area contributed by atoms with Crippen LogP contribution in [0.1, 0.15) is 152 Å². The standard InChI is InChI=1S/C38H44BrF3O9.C11H13FO3.C7H5FO3.C5H8Br4.C4H10O.CH2F.CH2O3.B23.2K.H2O4S/c1-4-7-16-46-35(43)26-10-13-32(29(40)19-26)49-23-38(22-39,24-50-33-14-11-27(20-30(33)41)36(44)47-17-8-5-2)25-51-34-15-12-28(21-31(34)42)37(45)48-18-9-6-3;1-2-3-6-15-11(14)8-4-5-10(13)9(12)7-8;8-5-3-4(7(10)11)1-2-6(5)9;6-1-5(2-7,3-8)4-9;1-4(2,3)5;1-2;2-1-4-3;1-13-19(12)22(18(10)11)23(20(14(2)3)15(4)5)21(16(6)7)17(8)9;;;1-5(2,3)4/h10-15,19-21H,4-9,16-18,22-25H2,1-3H3;4-5,7,13H,2-3,6H2,1H3;1-3,9H,(H,10,11);1-4H2;5H,1-3H3;1H2;1,3H;;;;(H2,1,2,3,4)/q;;;;;-1;;;2*+1;/i/hD. The molecule has 7 N–H and O–H groups in total. The number of hydrogen-bond donors (Lipinski definition) is 7. The minimum absolute atomic E-state index is 0. The van der Waals surface area contributed by atoms with E-state index >= 15 is 13.2 Å². The van der Waals surface area contributed by atoms with Crippen molar-refractivity contribution in [1.29, 1.82) is 1.43 Å². The van der Waals surface area contributed by atoms with Crippen molar-refractivity contribution in [3.05, 3.63) is 155 Å². The van der Waals surface area contributed by atoms with Crippen LogP contribution in [-0.4, -0.2) is 322 Å². The Hall–Kier alpha value is -1.54. The van der Waals surface area contributed by atoms with E-state index in [1.54, 1.807) is 27.9 Å². The van der Waals surface area contributed by atoms with Crippen LogP contribution in [-0.2, 0) is 39.0 Å². The molecule has 0 spiro atoms. The molecule has 0 fully saturated rings. The summed E-state index contributed by atoms with van der Waals surface area (Å²) in [5.74, 6) is -9.63. The van der Waals surface area contributed by atoms with Crippen LogP contribution in [0, 0.1) is 47.1 Å². The molecular weight excluding hydrogens is 2050 g/mol. The van der Waals surface area contributed by atoms with Gasteiger partial charge >= 0.3 is 149 Å². The van der Waals surface area contributed by atoms with Crippen LogP contribution in [0.2, 0.25) is 0 Å². The van der Waals surface area contributed by atoms with Crippen LogP contribution in [0.5, 0.6) is 28.7 Å². The first-order valence-electron chi connectivity index (χ1n) is 38.1. The van der Waals surface area contributed by atoms with Gasteiger partial charge in [-0.2, -0.15) is 15.6 Å². The van der Waals surface area contributed by atoms with Gasteiger partial charge in [0.2, 0.25) is 0 Å². The molecule has 0 aromatic heterocycles. The number of benzene rings is 5. The summed E-state index contributed by atoms with van der Waals surface area (Å²) < 4.78 is 155. The van der Waals surface area contributed by atoms with E-state index in [-0.39, 0.29) is 199 Å². The first kappa shape index (κ1) is 134. The number of aromatic hydroxyl groups is 2. The van der Waals surface area contributed by atoms with Crippen molar-refractivity contribution in [2.75, 3.05) is 72.9 Å². The molecule has 5 rings (SSSR count). The molecule has 127 heavy (non-hydrogen) atoms. The molecule has 0 atom stereocenters. The molecular formula is C67H86B23Br5F6K2O23S+. The number of unbranched alkanes of at least 4 members (excludes halogenated alkanes) is 4. The number of phenolic OH excluding ortho intramolecular Hbond substituents is 2. The molecule has 0 unspecified atom stereocenters. The molecule has 0 saturated carbocycles. The molecule has 0 saturated heterocycles. The summed E-state index contributed by atoms with van der Waals surface area (Å²) in [6, 6.07) is 17.2. The maximum absolute atomic E-state index is 15.1. The summed E-state index contributed by atoms with van der Waals surface area (Å²) in [7, 11) is 68.4. The Morgan fingerprint density at radius 3 is 0.882 bits per heavy atom. The summed E-state index contributed by atoms with van der Waals surface area (Å²) >= 11 is 17.3. The van der Waals surface area contributed by atoms with Crippen LogP contribution < -0.4 is 117 Å². The van der Waals surface area contributed by atoms with E-state index < -0.39 is 156 Å². The predicted molar refractivity (Wildman–Crippen MR) is 518 cm³/mol. The first-order valence-corrected chi connectivity index (χ1v) is 44.7. The number of halogens is 11. The summed E-state index contributed by atoms with van der Waals surface area (Å²) in [5.41, 5.74) is -1.40. The number of aliphatic hydroxyl groups is 1. The number of esters is 4. The van der Waals surface area contributed by atoms with Crippen LogP contribution in [0.3, 0.4) is 0 Å². The van der Waals surface area contributed by atoms with E-state index in [1.807, 2.05) is 27.7 Å². The third-order valence-corrected chi connectivity index (χ3v) is 22.0. The third kappa shape index (κ3) is 60.6. The third-order valence-electron chi connectivity index (χ3n) is 16.1. The largest absolute Gasteiger partial charge is 1.00 e. The van der Waals surface area contributed by atoms with E-state index in [1.165, 1.54) is 49.5 Å². The van der Waals surface area contributed by atoms with Gasteiger partial charge in [0.25, 0.3) is 1.43 Å². The van der Waals surface area contributed by atoms with Crippen molar-refractivity contribution in [3.63, 3.8) is 0 Å². The predicted octanol–water partition coefficient (Wildman–Crippen LogP) is 1.92. The molecule has 0 aliphatic heterocycles. The van der Waals surface area contributed by atoms with Gasteiger partial charge in [0.15, 0.2) is 57.8 Å². The number of ether oxygens (including phenoxy) is 7. The number of hydrogen-bond acceptors (Lipinski definition) is 20. The summed E-state index contributed by atoms with van der Waals surface area (Å²) in [6.07, 6.45) is -1.81. The smallest absolute Gasteiger partial charge is 0.505 e. The van der Waals surface area contributed by atoms with Gasteiger partial charge in [0.1, 0.15) is 19.8 Å². The number of alkyl halides is 5. The molecule has 0 heterocycles. The Bertz CT molecular complexity index is 3820. The molecule has 60 heteroatoms. The fraction of sp³-hybridized carbons (Fsp3) is 0.448. The minimum atomic E-state index is -4.67. The summed E-state index contributed by atoms with van der Waals surface area (Å²) in [6.45, 7) is 13.2. The van der Waals surface area contributed by atoms with E-state index in [0.717, 1.165) is 102 Å². The van der Waals surface area contributed by atoms with E-state index in [4.69, 9.17) is 170 Å². The first-order chi connectivity index (χ1) is 58.9. The molecule has 0 bridgehead atoms. The Kier molecular flexibility index (Phi) is 80.7. The maximum atomic E-state index is 15.1. The second kappa shape index (κ2) is 76.5. The van der Waals surface area contributed by atoms with Gasteiger partial charge in [-0.25, -0.2) is 51.2 Å². The SMILES string of the molecule is BrCC(CBr)(CBr)CBr.CC(C)(C)O.CCCCOC(=O)c1ccc(O)c(F)c1.CCCCOC(=O)c1ccc(OCC(CBr)(COc2ccc(C(=O)OCCCC)cc2F)COc2ccc(C(=O)OCCCC)cc2F)c(F)c1.O=C(O)c1ccc(O)c(F)c1.O=S(=O)(O)O.[2H]OOC=O.[B][B]B([B])B(B([B])[B])B(B(B([B])[B])B([B])[B])B(B([B])[B])B([B])[B].[CH2-]F.[K+].[K+].